The topological polar surface area (TPSA) is 89.7 Å². The highest BCUT2D eigenvalue weighted by molar-refractivity contribution is 5.77. The summed E-state index contributed by atoms with van der Waals surface area (Å²) in [4.78, 5) is 19.9. The molecule has 7 heteroatoms. The van der Waals surface area contributed by atoms with Crippen molar-refractivity contribution in [2.75, 3.05) is 44.3 Å². The van der Waals surface area contributed by atoms with Crippen molar-refractivity contribution in [3.63, 3.8) is 0 Å². The number of aliphatic hydroxyl groups excluding tert-OH is 1. The van der Waals surface area contributed by atoms with Crippen molar-refractivity contribution in [1.82, 2.24) is 9.88 Å². The van der Waals surface area contributed by atoms with Gasteiger partial charge in [0.05, 0.1) is 19.7 Å². The van der Waals surface area contributed by atoms with Crippen LogP contribution >= 0.6 is 0 Å². The second-order valence-corrected chi connectivity index (χ2v) is 6.02. The summed E-state index contributed by atoms with van der Waals surface area (Å²) in [6, 6.07) is 7.45. The quantitative estimate of drug-likeness (QED) is 0.835. The number of morpholine rings is 1. The van der Waals surface area contributed by atoms with Gasteiger partial charge in [0.15, 0.2) is 0 Å². The maximum absolute atomic E-state index is 11.8. The molecule has 2 aliphatic rings. The van der Waals surface area contributed by atoms with E-state index in [2.05, 4.69) is 16.0 Å². The monoisotopic (exact) mass is 316 g/mol. The van der Waals surface area contributed by atoms with Gasteiger partial charge in [-0.15, -0.1) is 0 Å². The van der Waals surface area contributed by atoms with Gasteiger partial charge < -0.3 is 19.6 Å². The van der Waals surface area contributed by atoms with Gasteiger partial charge in [-0.2, -0.15) is 5.26 Å². The highest BCUT2D eigenvalue weighted by Gasteiger charge is 2.42. The molecule has 0 bridgehead atoms. The van der Waals surface area contributed by atoms with Crippen LogP contribution in [0.25, 0.3) is 0 Å². The second kappa shape index (κ2) is 6.52. The van der Waals surface area contributed by atoms with E-state index in [9.17, 15) is 4.79 Å². The molecule has 1 unspecified atom stereocenters. The molecule has 1 N–H and O–H groups in total. The Morgan fingerprint density at radius 1 is 1.43 bits per heavy atom. The summed E-state index contributed by atoms with van der Waals surface area (Å²) in [5.41, 5.74) is -0.0326. The van der Waals surface area contributed by atoms with Crippen LogP contribution in [0.1, 0.15) is 18.5 Å². The zero-order chi connectivity index (χ0) is 16.3. The van der Waals surface area contributed by atoms with Crippen molar-refractivity contribution in [2.45, 2.75) is 18.4 Å². The average molecular weight is 316 g/mol. The number of anilines is 1. The first-order chi connectivity index (χ1) is 11.2. The lowest BCUT2D eigenvalue weighted by molar-refractivity contribution is -0.154. The van der Waals surface area contributed by atoms with Crippen LogP contribution in [0.3, 0.4) is 0 Å². The van der Waals surface area contributed by atoms with Crippen molar-refractivity contribution >= 4 is 11.7 Å². The minimum absolute atomic E-state index is 0.255. The van der Waals surface area contributed by atoms with E-state index in [-0.39, 0.29) is 5.91 Å². The van der Waals surface area contributed by atoms with Crippen LogP contribution in [0.2, 0.25) is 0 Å². The molecule has 1 atom stereocenters. The molecule has 7 nitrogen and oxygen atoms in total. The summed E-state index contributed by atoms with van der Waals surface area (Å²) in [5, 5.41) is 18.1. The van der Waals surface area contributed by atoms with Gasteiger partial charge in [0.2, 0.25) is 5.91 Å². The summed E-state index contributed by atoms with van der Waals surface area (Å²) in [7, 11) is 0. The largest absolute Gasteiger partial charge is 0.387 e. The summed E-state index contributed by atoms with van der Waals surface area (Å²) >= 11 is 0. The Bertz CT molecular complexity index is 626. The Kier molecular flexibility index (Phi) is 4.46. The summed E-state index contributed by atoms with van der Waals surface area (Å²) < 4.78 is 6.03. The molecule has 1 amide bonds. The molecular weight excluding hydrogens is 296 g/mol. The summed E-state index contributed by atoms with van der Waals surface area (Å²) in [5.74, 6) is 0.506. The van der Waals surface area contributed by atoms with E-state index in [4.69, 9.17) is 15.1 Å². The van der Waals surface area contributed by atoms with Crippen LogP contribution in [0.4, 0.5) is 5.82 Å². The van der Waals surface area contributed by atoms with Gasteiger partial charge in [0.25, 0.3) is 0 Å². The van der Waals surface area contributed by atoms with E-state index in [0.717, 1.165) is 25.2 Å². The zero-order valence-electron chi connectivity index (χ0n) is 12.9. The molecule has 3 rings (SSSR count). The molecule has 2 aliphatic heterocycles. The first-order valence-corrected chi connectivity index (χ1v) is 7.80. The van der Waals surface area contributed by atoms with Crippen LogP contribution in [0, 0.1) is 11.3 Å². The van der Waals surface area contributed by atoms with Gasteiger partial charge in [0.1, 0.15) is 29.8 Å². The van der Waals surface area contributed by atoms with Crippen molar-refractivity contribution in [2.24, 2.45) is 0 Å². The predicted molar refractivity (Wildman–Crippen MR) is 82.7 cm³/mol. The predicted octanol–water partition coefficient (Wildman–Crippen LogP) is 0.143. The maximum atomic E-state index is 11.8. The Morgan fingerprint density at radius 2 is 2.30 bits per heavy atom. The van der Waals surface area contributed by atoms with Crippen LogP contribution in [-0.4, -0.2) is 65.9 Å². The molecule has 2 fully saturated rings. The molecule has 3 heterocycles. The van der Waals surface area contributed by atoms with Gasteiger partial charge in [-0.25, -0.2) is 4.98 Å². The molecular formula is C16H20N4O3. The van der Waals surface area contributed by atoms with Crippen molar-refractivity contribution < 1.29 is 14.6 Å². The molecule has 1 aromatic rings. The number of piperidine rings is 1. The standard InChI is InChI=1S/C16H20N4O3/c17-9-13-3-1-4-14(18-13)19-6-2-5-16(11-19)12-20(7-8-23-16)15(22)10-21/h1,3-4,21H,2,5-8,10-12H2. The van der Waals surface area contributed by atoms with E-state index in [1.807, 2.05) is 12.1 Å². The lowest BCUT2D eigenvalue weighted by Gasteiger charge is -2.48. The average Bonchev–Trinajstić information content (AvgIpc) is 2.61. The molecule has 122 valence electrons. The van der Waals surface area contributed by atoms with E-state index in [0.29, 0.717) is 31.9 Å². The number of rotatable bonds is 2. The van der Waals surface area contributed by atoms with Crippen molar-refractivity contribution in [3.8, 4) is 6.07 Å². The summed E-state index contributed by atoms with van der Waals surface area (Å²) in [6.45, 7) is 2.49. The number of hydrogen-bond acceptors (Lipinski definition) is 6. The Hall–Kier alpha value is -2.17. The Labute approximate surface area is 135 Å². The first-order valence-electron chi connectivity index (χ1n) is 7.80. The van der Waals surface area contributed by atoms with Crippen molar-refractivity contribution in [3.05, 3.63) is 23.9 Å². The lowest BCUT2D eigenvalue weighted by Crippen LogP contribution is -2.61. The van der Waals surface area contributed by atoms with E-state index in [1.165, 1.54) is 0 Å². The lowest BCUT2D eigenvalue weighted by atomic mass is 9.90. The third kappa shape index (κ3) is 3.28. The fourth-order valence-electron chi connectivity index (χ4n) is 3.36. The van der Waals surface area contributed by atoms with E-state index >= 15 is 0 Å². The molecule has 2 saturated heterocycles. The minimum Gasteiger partial charge on any atom is -0.387 e. The van der Waals surface area contributed by atoms with Gasteiger partial charge >= 0.3 is 0 Å². The number of aromatic nitrogens is 1. The number of aliphatic hydroxyl groups is 1. The molecule has 0 aromatic carbocycles. The van der Waals surface area contributed by atoms with E-state index < -0.39 is 12.2 Å². The van der Waals surface area contributed by atoms with Gasteiger partial charge in [-0.1, -0.05) is 6.07 Å². The molecule has 0 saturated carbocycles. The normalized spacial score (nSPS) is 24.5. The SMILES string of the molecule is N#Cc1cccc(N2CCCC3(CN(C(=O)CO)CCO3)C2)n1. The van der Waals surface area contributed by atoms with Gasteiger partial charge in [-0.3, -0.25) is 4.79 Å². The third-order valence-corrected chi connectivity index (χ3v) is 4.45. The summed E-state index contributed by atoms with van der Waals surface area (Å²) in [6.07, 6.45) is 1.80. The minimum atomic E-state index is -0.467. The van der Waals surface area contributed by atoms with Crippen LogP contribution in [0.5, 0.6) is 0 Å². The molecule has 23 heavy (non-hydrogen) atoms. The molecule has 0 aliphatic carbocycles. The number of ether oxygens (including phenoxy) is 1. The Morgan fingerprint density at radius 3 is 3.09 bits per heavy atom. The number of amides is 1. The third-order valence-electron chi connectivity index (χ3n) is 4.45. The first kappa shape index (κ1) is 15.7. The molecule has 1 spiro atoms. The van der Waals surface area contributed by atoms with Crippen molar-refractivity contribution in [1.29, 1.82) is 5.26 Å². The number of carbonyl (C=O) groups is 1. The van der Waals surface area contributed by atoms with Crippen LogP contribution < -0.4 is 4.90 Å². The number of carbonyl (C=O) groups excluding carboxylic acids is 1. The number of pyridine rings is 1. The van der Waals surface area contributed by atoms with E-state index in [1.54, 1.807) is 11.0 Å². The smallest absolute Gasteiger partial charge is 0.248 e. The van der Waals surface area contributed by atoms with Crippen LogP contribution in [-0.2, 0) is 9.53 Å². The fraction of sp³-hybridized carbons (Fsp3) is 0.562. The number of nitriles is 1. The van der Waals surface area contributed by atoms with Gasteiger partial charge in [0, 0.05) is 13.1 Å². The second-order valence-electron chi connectivity index (χ2n) is 6.02. The van der Waals surface area contributed by atoms with Gasteiger partial charge in [-0.05, 0) is 25.0 Å². The highest BCUT2D eigenvalue weighted by Crippen LogP contribution is 2.31. The highest BCUT2D eigenvalue weighted by atomic mass is 16.5. The fourth-order valence-corrected chi connectivity index (χ4v) is 3.36. The molecule has 1 aromatic heterocycles. The number of hydrogen-bond donors (Lipinski definition) is 1. The van der Waals surface area contributed by atoms with Crippen LogP contribution in [0.15, 0.2) is 18.2 Å². The maximum Gasteiger partial charge on any atom is 0.248 e. The Balaban J connectivity index is 1.77. The number of nitrogens with zero attached hydrogens (tertiary/aromatic N) is 4. The molecule has 0 radical (unpaired) electrons. The zero-order valence-corrected chi connectivity index (χ0v) is 12.9.